The molecule has 142 valence electrons. The second-order valence-electron chi connectivity index (χ2n) is 5.96. The molecule has 0 saturated carbocycles. The van der Waals surface area contributed by atoms with E-state index in [9.17, 15) is 18.0 Å². The SMILES string of the molecule is COc1ccc(CN2CC(=O)N(CC(=O)O)c3ccccc3S2(=O)=O)cc1. The Kier molecular flexibility index (Phi) is 5.15. The number of ether oxygens (including phenoxy) is 1. The van der Waals surface area contributed by atoms with Crippen LogP contribution in [0.3, 0.4) is 0 Å². The maximum atomic E-state index is 13.1. The number of rotatable bonds is 5. The minimum Gasteiger partial charge on any atom is -0.497 e. The number of para-hydroxylation sites is 1. The van der Waals surface area contributed by atoms with Crippen molar-refractivity contribution in [3.63, 3.8) is 0 Å². The Bertz CT molecular complexity index is 972. The minimum absolute atomic E-state index is 0.0205. The van der Waals surface area contributed by atoms with Crippen molar-refractivity contribution in [1.29, 1.82) is 0 Å². The minimum atomic E-state index is -3.99. The quantitative estimate of drug-likeness (QED) is 0.826. The predicted molar refractivity (Wildman–Crippen MR) is 97.0 cm³/mol. The van der Waals surface area contributed by atoms with Crippen LogP contribution in [-0.4, -0.2) is 49.9 Å². The van der Waals surface area contributed by atoms with Crippen molar-refractivity contribution in [2.24, 2.45) is 0 Å². The van der Waals surface area contributed by atoms with Gasteiger partial charge in [-0.1, -0.05) is 24.3 Å². The molecule has 1 heterocycles. The summed E-state index contributed by atoms with van der Waals surface area (Å²) in [5, 5.41) is 9.11. The molecule has 0 aliphatic carbocycles. The number of benzene rings is 2. The molecule has 9 heteroatoms. The van der Waals surface area contributed by atoms with Gasteiger partial charge in [-0.05, 0) is 29.8 Å². The summed E-state index contributed by atoms with van der Waals surface area (Å²) >= 11 is 0. The number of aliphatic carboxylic acids is 1. The summed E-state index contributed by atoms with van der Waals surface area (Å²) in [5.74, 6) is -1.19. The molecule has 3 rings (SSSR count). The van der Waals surface area contributed by atoms with Crippen LogP contribution in [-0.2, 0) is 26.2 Å². The van der Waals surface area contributed by atoms with Gasteiger partial charge in [-0.2, -0.15) is 4.31 Å². The van der Waals surface area contributed by atoms with Crippen molar-refractivity contribution in [2.45, 2.75) is 11.4 Å². The van der Waals surface area contributed by atoms with Gasteiger partial charge < -0.3 is 9.84 Å². The molecule has 0 atom stereocenters. The van der Waals surface area contributed by atoms with Crippen LogP contribution in [0.15, 0.2) is 53.4 Å². The summed E-state index contributed by atoms with van der Waals surface area (Å²) in [7, 11) is -2.46. The van der Waals surface area contributed by atoms with Crippen molar-refractivity contribution in [3.05, 3.63) is 54.1 Å². The molecule has 8 nitrogen and oxygen atoms in total. The fraction of sp³-hybridized carbons (Fsp3) is 0.222. The lowest BCUT2D eigenvalue weighted by atomic mass is 10.2. The molecule has 1 N–H and O–H groups in total. The van der Waals surface area contributed by atoms with Gasteiger partial charge in [0.2, 0.25) is 15.9 Å². The first-order valence-corrected chi connectivity index (χ1v) is 9.51. The molecule has 0 bridgehead atoms. The number of fused-ring (bicyclic) bond motifs is 1. The van der Waals surface area contributed by atoms with E-state index in [-0.39, 0.29) is 17.1 Å². The number of amides is 1. The van der Waals surface area contributed by atoms with E-state index in [0.717, 1.165) is 9.21 Å². The van der Waals surface area contributed by atoms with Gasteiger partial charge in [-0.15, -0.1) is 0 Å². The normalized spacial score (nSPS) is 16.5. The first-order chi connectivity index (χ1) is 12.8. The molecule has 1 aliphatic rings. The van der Waals surface area contributed by atoms with Crippen molar-refractivity contribution >= 4 is 27.6 Å². The van der Waals surface area contributed by atoms with Crippen LogP contribution in [0.4, 0.5) is 5.69 Å². The molecular formula is C18H18N2O6S. The highest BCUT2D eigenvalue weighted by atomic mass is 32.2. The van der Waals surface area contributed by atoms with Gasteiger partial charge in [0.15, 0.2) is 0 Å². The van der Waals surface area contributed by atoms with Crippen LogP contribution < -0.4 is 9.64 Å². The molecule has 0 fully saturated rings. The number of carboxylic acid groups (broad SMARTS) is 1. The number of anilines is 1. The predicted octanol–water partition coefficient (Wildman–Crippen LogP) is 1.32. The van der Waals surface area contributed by atoms with Crippen LogP contribution in [0.2, 0.25) is 0 Å². The summed E-state index contributed by atoms with van der Waals surface area (Å²) in [4.78, 5) is 24.7. The smallest absolute Gasteiger partial charge is 0.323 e. The number of carbonyl (C=O) groups excluding carboxylic acids is 1. The number of carbonyl (C=O) groups is 2. The maximum absolute atomic E-state index is 13.1. The first kappa shape index (κ1) is 18.9. The van der Waals surface area contributed by atoms with E-state index >= 15 is 0 Å². The Balaban J connectivity index is 2.02. The number of nitrogens with zero attached hydrogens (tertiary/aromatic N) is 2. The summed E-state index contributed by atoms with van der Waals surface area (Å²) in [6, 6.07) is 12.7. The van der Waals surface area contributed by atoms with Crippen LogP contribution in [0, 0.1) is 0 Å². The number of sulfonamides is 1. The third-order valence-corrected chi connectivity index (χ3v) is 6.04. The Morgan fingerprint density at radius 3 is 2.44 bits per heavy atom. The Morgan fingerprint density at radius 2 is 1.81 bits per heavy atom. The van der Waals surface area contributed by atoms with E-state index in [1.165, 1.54) is 25.3 Å². The van der Waals surface area contributed by atoms with Gasteiger partial charge in [0.25, 0.3) is 0 Å². The largest absolute Gasteiger partial charge is 0.497 e. The molecule has 0 spiro atoms. The van der Waals surface area contributed by atoms with Crippen molar-refractivity contribution in [3.8, 4) is 5.75 Å². The maximum Gasteiger partial charge on any atom is 0.323 e. The lowest BCUT2D eigenvalue weighted by molar-refractivity contribution is -0.136. The average Bonchev–Trinajstić information content (AvgIpc) is 2.72. The third kappa shape index (κ3) is 3.79. The van der Waals surface area contributed by atoms with E-state index in [1.807, 2.05) is 0 Å². The molecule has 2 aromatic rings. The van der Waals surface area contributed by atoms with Crippen molar-refractivity contribution in [2.75, 3.05) is 25.1 Å². The van der Waals surface area contributed by atoms with E-state index in [4.69, 9.17) is 9.84 Å². The Morgan fingerprint density at radius 1 is 1.15 bits per heavy atom. The first-order valence-electron chi connectivity index (χ1n) is 8.07. The van der Waals surface area contributed by atoms with Gasteiger partial charge in [0, 0.05) is 6.54 Å². The molecule has 27 heavy (non-hydrogen) atoms. The van der Waals surface area contributed by atoms with Gasteiger partial charge in [0.1, 0.15) is 17.2 Å². The van der Waals surface area contributed by atoms with Gasteiger partial charge >= 0.3 is 5.97 Å². The van der Waals surface area contributed by atoms with Gasteiger partial charge in [-0.25, -0.2) is 8.42 Å². The van der Waals surface area contributed by atoms with E-state index in [0.29, 0.717) is 11.3 Å². The lowest BCUT2D eigenvalue weighted by Crippen LogP contribution is -2.41. The molecule has 0 unspecified atom stereocenters. The van der Waals surface area contributed by atoms with Crippen LogP contribution in [0.25, 0.3) is 0 Å². The van der Waals surface area contributed by atoms with E-state index in [2.05, 4.69) is 0 Å². The zero-order valence-corrected chi connectivity index (χ0v) is 15.3. The fourth-order valence-electron chi connectivity index (χ4n) is 2.88. The number of hydrogen-bond acceptors (Lipinski definition) is 5. The second-order valence-corrected chi connectivity index (χ2v) is 7.87. The summed E-state index contributed by atoms with van der Waals surface area (Å²) in [5.41, 5.74) is 0.749. The lowest BCUT2D eigenvalue weighted by Gasteiger charge is -2.20. The average molecular weight is 390 g/mol. The second kappa shape index (κ2) is 7.37. The molecule has 0 radical (unpaired) electrons. The number of carboxylic acids is 1. The van der Waals surface area contributed by atoms with Gasteiger partial charge in [0.05, 0.1) is 19.3 Å². The highest BCUT2D eigenvalue weighted by Gasteiger charge is 2.37. The van der Waals surface area contributed by atoms with Gasteiger partial charge in [-0.3, -0.25) is 14.5 Å². The highest BCUT2D eigenvalue weighted by Crippen LogP contribution is 2.32. The van der Waals surface area contributed by atoms with Crippen LogP contribution in [0.1, 0.15) is 5.56 Å². The highest BCUT2D eigenvalue weighted by molar-refractivity contribution is 7.89. The molecule has 2 aromatic carbocycles. The van der Waals surface area contributed by atoms with Crippen molar-refractivity contribution in [1.82, 2.24) is 4.31 Å². The van der Waals surface area contributed by atoms with E-state index in [1.54, 1.807) is 30.3 Å². The van der Waals surface area contributed by atoms with Crippen LogP contribution in [0.5, 0.6) is 5.75 Å². The van der Waals surface area contributed by atoms with Crippen molar-refractivity contribution < 1.29 is 27.9 Å². The molecule has 1 aliphatic heterocycles. The third-order valence-electron chi connectivity index (χ3n) is 4.20. The topological polar surface area (TPSA) is 104 Å². The Labute approximate surface area is 156 Å². The molecule has 0 saturated heterocycles. The zero-order valence-electron chi connectivity index (χ0n) is 14.5. The summed E-state index contributed by atoms with van der Waals surface area (Å²) in [6.07, 6.45) is 0. The summed E-state index contributed by atoms with van der Waals surface area (Å²) in [6.45, 7) is -1.08. The van der Waals surface area contributed by atoms with E-state index < -0.39 is 35.0 Å². The standard InChI is InChI=1S/C18H18N2O6S/c1-26-14-8-6-13(7-9-14)10-19-11-17(21)20(12-18(22)23)15-4-2-3-5-16(15)27(19,24)25/h2-9H,10-12H2,1H3,(H,22,23). The summed E-state index contributed by atoms with van der Waals surface area (Å²) < 4.78 is 32.3. The number of hydrogen-bond donors (Lipinski definition) is 1. The monoisotopic (exact) mass is 390 g/mol. The molecule has 1 amide bonds. The molecular weight excluding hydrogens is 372 g/mol. The fourth-order valence-corrected chi connectivity index (χ4v) is 4.45. The van der Waals surface area contributed by atoms with Crippen LogP contribution >= 0.6 is 0 Å². The number of methoxy groups -OCH3 is 1. The molecule has 0 aromatic heterocycles. The zero-order chi connectivity index (χ0) is 19.6. The Hall–Kier alpha value is -2.91.